The van der Waals surface area contributed by atoms with Crippen LogP contribution in [0, 0.1) is 11.8 Å². The van der Waals surface area contributed by atoms with Gasteiger partial charge in [-0.3, -0.25) is 9.59 Å². The van der Waals surface area contributed by atoms with Gasteiger partial charge in [-0.2, -0.15) is 0 Å². The predicted octanol–water partition coefficient (Wildman–Crippen LogP) is 5.86. The van der Waals surface area contributed by atoms with E-state index in [0.29, 0.717) is 10.6 Å². The fourth-order valence-corrected chi connectivity index (χ4v) is 5.77. The average molecular weight is 515 g/mol. The molecular weight excluding hydrogens is 476 g/mol. The van der Waals surface area contributed by atoms with Crippen LogP contribution >= 0.6 is 11.3 Å². The summed E-state index contributed by atoms with van der Waals surface area (Å²) in [5, 5.41) is 12.5. The van der Waals surface area contributed by atoms with Gasteiger partial charge in [-0.05, 0) is 62.6 Å². The van der Waals surface area contributed by atoms with Crippen molar-refractivity contribution in [3.05, 3.63) is 52.0 Å². The van der Waals surface area contributed by atoms with Crippen LogP contribution in [0.25, 0.3) is 0 Å². The number of rotatable bonds is 6. The molecule has 0 bridgehead atoms. The first-order valence-electron chi connectivity index (χ1n) is 12.4. The van der Waals surface area contributed by atoms with Crippen LogP contribution in [0.1, 0.15) is 95.2 Å². The number of carbonyl (C=O) groups is 3. The Morgan fingerprint density at radius 3 is 2.19 bits per heavy atom. The number of esters is 1. The van der Waals surface area contributed by atoms with E-state index >= 15 is 0 Å². The van der Waals surface area contributed by atoms with Crippen LogP contribution in [-0.2, 0) is 19.7 Å². The highest BCUT2D eigenvalue weighted by Crippen LogP contribution is 2.51. The number of hydrogen-bond donors (Lipinski definition) is 1. The second kappa shape index (κ2) is 9.96. The fourth-order valence-electron chi connectivity index (χ4n) is 4.97. The van der Waals surface area contributed by atoms with E-state index in [4.69, 9.17) is 4.74 Å². The maximum absolute atomic E-state index is 14.3. The summed E-state index contributed by atoms with van der Waals surface area (Å²) in [7, 11) is 0. The first-order chi connectivity index (χ1) is 16.6. The van der Waals surface area contributed by atoms with Crippen LogP contribution in [0.15, 0.2) is 35.8 Å². The van der Waals surface area contributed by atoms with Gasteiger partial charge in [0, 0.05) is 17.1 Å². The lowest BCUT2D eigenvalue weighted by Gasteiger charge is -2.41. The molecule has 7 nitrogen and oxygen atoms in total. The molecule has 0 unspecified atom stereocenters. The summed E-state index contributed by atoms with van der Waals surface area (Å²) < 4.78 is 5.86. The summed E-state index contributed by atoms with van der Waals surface area (Å²) in [6.45, 7) is 15.5. The van der Waals surface area contributed by atoms with Gasteiger partial charge in [-0.1, -0.05) is 46.8 Å². The number of amides is 1. The summed E-state index contributed by atoms with van der Waals surface area (Å²) in [6, 6.07) is 6.45. The van der Waals surface area contributed by atoms with Crippen molar-refractivity contribution in [3.63, 3.8) is 0 Å². The molecule has 2 heterocycles. The summed E-state index contributed by atoms with van der Waals surface area (Å²) in [5.41, 5.74) is -0.874. The molecule has 196 valence electrons. The van der Waals surface area contributed by atoms with E-state index in [-0.39, 0.29) is 24.2 Å². The van der Waals surface area contributed by atoms with Gasteiger partial charge >= 0.3 is 11.9 Å². The van der Waals surface area contributed by atoms with E-state index in [1.54, 1.807) is 44.5 Å². The minimum Gasteiger partial charge on any atom is -0.481 e. The minimum absolute atomic E-state index is 0.000532. The van der Waals surface area contributed by atoms with Gasteiger partial charge in [0.2, 0.25) is 0 Å². The number of likely N-dealkylation sites (tertiary alicyclic amines) is 1. The molecule has 1 aliphatic rings. The quantitative estimate of drug-likeness (QED) is 0.485. The van der Waals surface area contributed by atoms with Gasteiger partial charge in [0.25, 0.3) is 5.91 Å². The van der Waals surface area contributed by atoms with E-state index in [2.05, 4.69) is 25.8 Å². The summed E-state index contributed by atoms with van der Waals surface area (Å²) in [5.74, 6) is -3.04. The zero-order valence-corrected chi connectivity index (χ0v) is 23.3. The van der Waals surface area contributed by atoms with Crippen LogP contribution < -0.4 is 0 Å². The van der Waals surface area contributed by atoms with Crippen molar-refractivity contribution >= 4 is 29.2 Å². The highest BCUT2D eigenvalue weighted by molar-refractivity contribution is 7.09. The van der Waals surface area contributed by atoms with Crippen molar-refractivity contribution in [3.8, 4) is 0 Å². The second-order valence-corrected chi connectivity index (χ2v) is 13.0. The molecule has 0 saturated carbocycles. The molecule has 0 spiro atoms. The van der Waals surface area contributed by atoms with E-state index < -0.39 is 40.9 Å². The van der Waals surface area contributed by atoms with Crippen LogP contribution in [0.5, 0.6) is 0 Å². The molecular formula is C28H38N2O5S. The van der Waals surface area contributed by atoms with Gasteiger partial charge in [-0.15, -0.1) is 11.3 Å². The molecule has 0 aliphatic carbocycles. The monoisotopic (exact) mass is 514 g/mol. The van der Waals surface area contributed by atoms with Crippen LogP contribution in [-0.4, -0.2) is 44.0 Å². The Morgan fingerprint density at radius 1 is 1.14 bits per heavy atom. The SMILES string of the molecule is CC(C)C[C@@]1(C(=O)OC(C)(C)C)C[C@H](C(=O)O)[C@H](c2nccs2)N1C(=O)c1ccc(C(C)(C)C)cc1. The van der Waals surface area contributed by atoms with Gasteiger partial charge in [0.05, 0.1) is 12.0 Å². The smallest absolute Gasteiger partial charge is 0.332 e. The number of thiazole rings is 1. The molecule has 3 rings (SSSR count). The zero-order valence-electron chi connectivity index (χ0n) is 22.5. The molecule has 1 saturated heterocycles. The molecule has 1 aromatic heterocycles. The Kier molecular flexibility index (Phi) is 7.70. The summed E-state index contributed by atoms with van der Waals surface area (Å²) in [6.07, 6.45) is 1.83. The third kappa shape index (κ3) is 5.64. The van der Waals surface area contributed by atoms with Gasteiger partial charge in [0.15, 0.2) is 0 Å². The topological polar surface area (TPSA) is 96.8 Å². The van der Waals surface area contributed by atoms with Crippen LogP contribution in [0.3, 0.4) is 0 Å². The lowest BCUT2D eigenvalue weighted by Crippen LogP contribution is -2.56. The molecule has 0 radical (unpaired) electrons. The first kappa shape index (κ1) is 27.8. The standard InChI is InChI=1S/C28H38N2O5S/c1-17(2)15-28(25(34)35-27(6,7)8)16-20(24(32)33)21(22-29-13-14-36-22)30(28)23(31)18-9-11-19(12-10-18)26(3,4)5/h9-14,17,20-21H,15-16H2,1-8H3,(H,32,33)/t20-,21+,28-/m0/s1. The number of carbonyl (C=O) groups excluding carboxylic acids is 2. The lowest BCUT2D eigenvalue weighted by atomic mass is 9.83. The predicted molar refractivity (Wildman–Crippen MR) is 140 cm³/mol. The molecule has 1 fully saturated rings. The van der Waals surface area contributed by atoms with E-state index in [1.165, 1.54) is 16.2 Å². The summed E-state index contributed by atoms with van der Waals surface area (Å²) in [4.78, 5) is 46.6. The molecule has 1 aromatic carbocycles. The largest absolute Gasteiger partial charge is 0.481 e. The number of benzene rings is 1. The molecule has 8 heteroatoms. The molecule has 1 amide bonds. The van der Waals surface area contributed by atoms with Gasteiger partial charge in [-0.25, -0.2) is 9.78 Å². The maximum atomic E-state index is 14.3. The third-order valence-electron chi connectivity index (χ3n) is 6.44. The first-order valence-corrected chi connectivity index (χ1v) is 13.2. The fraction of sp³-hybridized carbons (Fsp3) is 0.571. The van der Waals surface area contributed by atoms with Gasteiger partial charge in [0.1, 0.15) is 16.1 Å². The van der Waals surface area contributed by atoms with Crippen LogP contribution in [0.4, 0.5) is 0 Å². The number of carboxylic acid groups (broad SMARTS) is 1. The van der Waals surface area contributed by atoms with Crippen molar-refractivity contribution in [2.75, 3.05) is 0 Å². The van der Waals surface area contributed by atoms with E-state index in [9.17, 15) is 19.5 Å². The highest BCUT2D eigenvalue weighted by atomic mass is 32.1. The number of aliphatic carboxylic acids is 1. The molecule has 1 aliphatic heterocycles. The van der Waals surface area contributed by atoms with Crippen molar-refractivity contribution in [2.45, 2.75) is 90.8 Å². The molecule has 2 aromatic rings. The third-order valence-corrected chi connectivity index (χ3v) is 7.29. The van der Waals surface area contributed by atoms with Crippen molar-refractivity contribution in [2.24, 2.45) is 11.8 Å². The number of hydrogen-bond acceptors (Lipinski definition) is 6. The van der Waals surface area contributed by atoms with Crippen molar-refractivity contribution < 1.29 is 24.2 Å². The minimum atomic E-state index is -1.44. The number of aromatic nitrogens is 1. The molecule has 3 atom stereocenters. The normalized spacial score (nSPS) is 22.6. The van der Waals surface area contributed by atoms with Crippen LogP contribution in [0.2, 0.25) is 0 Å². The molecule has 36 heavy (non-hydrogen) atoms. The summed E-state index contributed by atoms with van der Waals surface area (Å²) >= 11 is 1.29. The molecule has 1 N–H and O–H groups in total. The Balaban J connectivity index is 2.23. The Hall–Kier alpha value is -2.74. The number of nitrogens with zero attached hydrogens (tertiary/aromatic N) is 2. The average Bonchev–Trinajstić information content (AvgIpc) is 3.37. The number of ether oxygens (including phenoxy) is 1. The van der Waals surface area contributed by atoms with Crippen molar-refractivity contribution in [1.82, 2.24) is 9.88 Å². The highest BCUT2D eigenvalue weighted by Gasteiger charge is 2.62. The second-order valence-electron chi connectivity index (χ2n) is 12.1. The Labute approximate surface area is 217 Å². The number of carboxylic acids is 1. The lowest BCUT2D eigenvalue weighted by molar-refractivity contribution is -0.168. The maximum Gasteiger partial charge on any atom is 0.332 e. The van der Waals surface area contributed by atoms with Crippen molar-refractivity contribution in [1.29, 1.82) is 0 Å². The van der Waals surface area contributed by atoms with E-state index in [1.807, 2.05) is 26.0 Å². The van der Waals surface area contributed by atoms with Gasteiger partial charge < -0.3 is 14.7 Å². The van der Waals surface area contributed by atoms with E-state index in [0.717, 1.165) is 5.56 Å². The Morgan fingerprint density at radius 2 is 1.75 bits per heavy atom. The Bertz CT molecular complexity index is 1100. The zero-order chi connectivity index (χ0) is 27.1.